The van der Waals surface area contributed by atoms with E-state index < -0.39 is 5.60 Å². The van der Waals surface area contributed by atoms with Crippen LogP contribution in [0.1, 0.15) is 25.3 Å². The summed E-state index contributed by atoms with van der Waals surface area (Å²) in [6.07, 6.45) is 5.72. The van der Waals surface area contributed by atoms with Crippen molar-refractivity contribution in [3.05, 3.63) is 18.0 Å². The number of rotatable bonds is 6. The number of nitrogens with zero attached hydrogens (tertiary/aromatic N) is 3. The van der Waals surface area contributed by atoms with Crippen LogP contribution in [-0.2, 0) is 17.4 Å². The first kappa shape index (κ1) is 14.0. The molecule has 2 N–H and O–H groups in total. The molecule has 1 atom stereocenters. The first-order valence-electron chi connectivity index (χ1n) is 6.57. The average molecular weight is 266 g/mol. The molecule has 0 aromatic carbocycles. The molecule has 1 amide bonds. The van der Waals surface area contributed by atoms with Gasteiger partial charge in [0.25, 0.3) is 0 Å². The molecule has 19 heavy (non-hydrogen) atoms. The molecule has 1 aromatic heterocycles. The SMILES string of the molecule is CN(CC(=O)NCC(C)(O)c1cnn(C)c1)C1CC1. The van der Waals surface area contributed by atoms with E-state index in [4.69, 9.17) is 0 Å². The molecule has 106 valence electrons. The van der Waals surface area contributed by atoms with Gasteiger partial charge in [0.05, 0.1) is 19.3 Å². The number of hydrogen-bond donors (Lipinski definition) is 2. The largest absolute Gasteiger partial charge is 0.383 e. The van der Waals surface area contributed by atoms with E-state index in [-0.39, 0.29) is 12.5 Å². The molecule has 0 aliphatic heterocycles. The number of aromatic nitrogens is 2. The molecule has 6 heteroatoms. The Morgan fingerprint density at radius 1 is 1.68 bits per heavy atom. The highest BCUT2D eigenvalue weighted by molar-refractivity contribution is 5.78. The second-order valence-corrected chi connectivity index (χ2v) is 5.60. The van der Waals surface area contributed by atoms with Crippen molar-refractivity contribution in [1.82, 2.24) is 20.0 Å². The zero-order chi connectivity index (χ0) is 14.0. The van der Waals surface area contributed by atoms with Crippen LogP contribution in [0.15, 0.2) is 12.4 Å². The van der Waals surface area contributed by atoms with Crippen molar-refractivity contribution in [3.63, 3.8) is 0 Å². The van der Waals surface area contributed by atoms with E-state index in [1.54, 1.807) is 31.0 Å². The topological polar surface area (TPSA) is 70.4 Å². The molecule has 6 nitrogen and oxygen atoms in total. The van der Waals surface area contributed by atoms with Crippen LogP contribution in [0.3, 0.4) is 0 Å². The molecule has 1 unspecified atom stereocenters. The minimum Gasteiger partial charge on any atom is -0.383 e. The van der Waals surface area contributed by atoms with Crippen LogP contribution in [0.5, 0.6) is 0 Å². The number of likely N-dealkylation sites (N-methyl/N-ethyl adjacent to an activating group) is 1. The summed E-state index contributed by atoms with van der Waals surface area (Å²) in [4.78, 5) is 13.8. The third-order valence-electron chi connectivity index (χ3n) is 3.52. The summed E-state index contributed by atoms with van der Waals surface area (Å²) < 4.78 is 1.63. The molecular weight excluding hydrogens is 244 g/mol. The predicted octanol–water partition coefficient (Wildman–Crippen LogP) is -0.162. The average Bonchev–Trinajstić information content (AvgIpc) is 3.09. The Bertz CT molecular complexity index is 451. The highest BCUT2D eigenvalue weighted by atomic mass is 16.3. The monoisotopic (exact) mass is 266 g/mol. The lowest BCUT2D eigenvalue weighted by molar-refractivity contribution is -0.123. The smallest absolute Gasteiger partial charge is 0.234 e. The molecule has 1 aliphatic carbocycles. The van der Waals surface area contributed by atoms with Gasteiger partial charge >= 0.3 is 0 Å². The molecular formula is C13H22N4O2. The summed E-state index contributed by atoms with van der Waals surface area (Å²) in [7, 11) is 3.75. The molecule has 1 heterocycles. The lowest BCUT2D eigenvalue weighted by Crippen LogP contribution is -2.42. The Morgan fingerprint density at radius 2 is 2.37 bits per heavy atom. The van der Waals surface area contributed by atoms with E-state index in [2.05, 4.69) is 10.4 Å². The Kier molecular flexibility index (Phi) is 3.91. The number of amides is 1. The summed E-state index contributed by atoms with van der Waals surface area (Å²) in [6, 6.07) is 0.560. The van der Waals surface area contributed by atoms with Gasteiger partial charge < -0.3 is 10.4 Å². The van der Waals surface area contributed by atoms with Gasteiger partial charge in [0.1, 0.15) is 5.60 Å². The molecule has 0 bridgehead atoms. The quantitative estimate of drug-likeness (QED) is 0.750. The van der Waals surface area contributed by atoms with E-state index >= 15 is 0 Å². The molecule has 0 radical (unpaired) electrons. The van der Waals surface area contributed by atoms with Crippen molar-refractivity contribution in [1.29, 1.82) is 0 Å². The van der Waals surface area contributed by atoms with Crippen molar-refractivity contribution in [2.45, 2.75) is 31.4 Å². The third kappa shape index (κ3) is 3.78. The number of aryl methyl sites for hydroxylation is 1. The lowest BCUT2D eigenvalue weighted by Gasteiger charge is -2.23. The van der Waals surface area contributed by atoms with E-state index in [1.807, 2.05) is 11.9 Å². The van der Waals surface area contributed by atoms with Crippen LogP contribution < -0.4 is 5.32 Å². The summed E-state index contributed by atoms with van der Waals surface area (Å²) >= 11 is 0. The van der Waals surface area contributed by atoms with Gasteiger partial charge in [-0.15, -0.1) is 0 Å². The maximum absolute atomic E-state index is 11.8. The van der Waals surface area contributed by atoms with Crippen LogP contribution in [0.2, 0.25) is 0 Å². The van der Waals surface area contributed by atoms with E-state index in [0.717, 1.165) is 0 Å². The van der Waals surface area contributed by atoms with Crippen LogP contribution in [0.25, 0.3) is 0 Å². The van der Waals surface area contributed by atoms with Gasteiger partial charge in [-0.2, -0.15) is 5.10 Å². The Morgan fingerprint density at radius 3 is 2.89 bits per heavy atom. The molecule has 1 saturated carbocycles. The van der Waals surface area contributed by atoms with Gasteiger partial charge in [-0.3, -0.25) is 14.4 Å². The van der Waals surface area contributed by atoms with Crippen molar-refractivity contribution in [3.8, 4) is 0 Å². The minimum atomic E-state index is -1.10. The third-order valence-corrected chi connectivity index (χ3v) is 3.52. The molecule has 0 spiro atoms. The van der Waals surface area contributed by atoms with Crippen LogP contribution in [0, 0.1) is 0 Å². The summed E-state index contributed by atoms with van der Waals surface area (Å²) in [6.45, 7) is 2.25. The van der Waals surface area contributed by atoms with E-state index in [0.29, 0.717) is 18.2 Å². The lowest BCUT2D eigenvalue weighted by atomic mass is 10.00. The molecule has 1 aliphatic rings. The number of hydrogen-bond acceptors (Lipinski definition) is 4. The molecule has 0 saturated heterocycles. The van der Waals surface area contributed by atoms with Gasteiger partial charge in [0.15, 0.2) is 0 Å². The molecule has 1 fully saturated rings. The zero-order valence-corrected chi connectivity index (χ0v) is 11.8. The van der Waals surface area contributed by atoms with Crippen LogP contribution >= 0.6 is 0 Å². The second-order valence-electron chi connectivity index (χ2n) is 5.60. The van der Waals surface area contributed by atoms with Crippen molar-refractivity contribution < 1.29 is 9.90 Å². The van der Waals surface area contributed by atoms with E-state index in [1.165, 1.54) is 12.8 Å². The molecule has 1 aromatic rings. The van der Waals surface area contributed by atoms with Gasteiger partial charge in [0.2, 0.25) is 5.91 Å². The Hall–Kier alpha value is -1.40. The zero-order valence-electron chi connectivity index (χ0n) is 11.8. The van der Waals surface area contributed by atoms with Gasteiger partial charge in [-0.25, -0.2) is 0 Å². The summed E-state index contributed by atoms with van der Waals surface area (Å²) in [5.74, 6) is -0.0569. The second kappa shape index (κ2) is 5.30. The van der Waals surface area contributed by atoms with Crippen molar-refractivity contribution >= 4 is 5.91 Å². The minimum absolute atomic E-state index is 0.0569. The highest BCUT2D eigenvalue weighted by Crippen LogP contribution is 2.24. The van der Waals surface area contributed by atoms with Gasteiger partial charge in [0, 0.05) is 24.8 Å². The fourth-order valence-electron chi connectivity index (χ4n) is 2.00. The summed E-state index contributed by atoms with van der Waals surface area (Å²) in [5, 5.41) is 17.1. The van der Waals surface area contributed by atoms with Crippen molar-refractivity contribution in [2.24, 2.45) is 7.05 Å². The van der Waals surface area contributed by atoms with E-state index in [9.17, 15) is 9.90 Å². The fraction of sp³-hybridized carbons (Fsp3) is 0.692. The standard InChI is InChI=1S/C13H22N4O2/c1-13(19,10-6-15-17(3)7-10)9-14-12(18)8-16(2)11-4-5-11/h6-7,11,19H,4-5,8-9H2,1-3H3,(H,14,18). The molecule has 2 rings (SSSR count). The number of carbonyl (C=O) groups is 1. The fourth-order valence-corrected chi connectivity index (χ4v) is 2.00. The Balaban J connectivity index is 1.81. The number of aliphatic hydroxyl groups is 1. The van der Waals surface area contributed by atoms with Gasteiger partial charge in [-0.1, -0.05) is 0 Å². The van der Waals surface area contributed by atoms with Crippen LogP contribution in [0.4, 0.5) is 0 Å². The van der Waals surface area contributed by atoms with Crippen LogP contribution in [-0.4, -0.2) is 51.9 Å². The maximum Gasteiger partial charge on any atom is 0.234 e. The highest BCUT2D eigenvalue weighted by Gasteiger charge is 2.29. The van der Waals surface area contributed by atoms with Crippen molar-refractivity contribution in [2.75, 3.05) is 20.1 Å². The normalized spacial score (nSPS) is 18.4. The number of carbonyl (C=O) groups excluding carboxylic acids is 1. The Labute approximate surface area is 113 Å². The number of nitrogens with one attached hydrogen (secondary N) is 1. The predicted molar refractivity (Wildman–Crippen MR) is 71.4 cm³/mol. The van der Waals surface area contributed by atoms with Gasteiger partial charge in [-0.05, 0) is 26.8 Å². The maximum atomic E-state index is 11.8. The first-order chi connectivity index (χ1) is 8.88. The first-order valence-corrected chi connectivity index (χ1v) is 6.57. The summed E-state index contributed by atoms with van der Waals surface area (Å²) in [5.41, 5.74) is -0.395.